The largest absolute Gasteiger partial charge is 0.346 e. The number of aromatic nitrogens is 3. The summed E-state index contributed by atoms with van der Waals surface area (Å²) in [6.07, 6.45) is 3.51. The number of carbonyl (C=O) groups excluding carboxylic acids is 1. The number of amides is 1. The van der Waals surface area contributed by atoms with E-state index in [4.69, 9.17) is 0 Å². The molecule has 0 fully saturated rings. The van der Waals surface area contributed by atoms with Crippen molar-refractivity contribution in [2.45, 2.75) is 20.4 Å². The molecule has 5 heteroatoms. The summed E-state index contributed by atoms with van der Waals surface area (Å²) >= 11 is 0. The van der Waals surface area contributed by atoms with Crippen molar-refractivity contribution in [2.24, 2.45) is 7.05 Å². The van der Waals surface area contributed by atoms with Gasteiger partial charge in [0, 0.05) is 30.6 Å². The van der Waals surface area contributed by atoms with Crippen LogP contribution in [0.5, 0.6) is 0 Å². The molecule has 0 aliphatic carbocycles. The topological polar surface area (TPSA) is 59.8 Å². The summed E-state index contributed by atoms with van der Waals surface area (Å²) in [7, 11) is 1.89. The third-order valence-corrected chi connectivity index (χ3v) is 3.82. The van der Waals surface area contributed by atoms with E-state index in [1.165, 1.54) is 0 Å². The van der Waals surface area contributed by atoms with Gasteiger partial charge in [-0.25, -0.2) is 0 Å². The highest BCUT2D eigenvalue weighted by Gasteiger charge is 2.10. The number of carbonyl (C=O) groups is 1. The highest BCUT2D eigenvalue weighted by atomic mass is 16.1. The number of nitrogens with zero attached hydrogens (tertiary/aromatic N) is 3. The lowest BCUT2D eigenvalue weighted by Gasteiger charge is -2.05. The van der Waals surface area contributed by atoms with Crippen molar-refractivity contribution >= 4 is 5.91 Å². The molecule has 24 heavy (non-hydrogen) atoms. The molecule has 1 amide bonds. The van der Waals surface area contributed by atoms with Crippen LogP contribution in [0.4, 0.5) is 0 Å². The first-order chi connectivity index (χ1) is 11.5. The van der Waals surface area contributed by atoms with Crippen molar-refractivity contribution in [3.63, 3.8) is 0 Å². The van der Waals surface area contributed by atoms with E-state index < -0.39 is 0 Å². The van der Waals surface area contributed by atoms with Crippen molar-refractivity contribution < 1.29 is 4.79 Å². The van der Waals surface area contributed by atoms with E-state index in [0.29, 0.717) is 12.1 Å². The van der Waals surface area contributed by atoms with Gasteiger partial charge >= 0.3 is 0 Å². The predicted molar refractivity (Wildman–Crippen MR) is 93.5 cm³/mol. The van der Waals surface area contributed by atoms with Crippen LogP contribution >= 0.6 is 0 Å². The molecule has 0 radical (unpaired) electrons. The van der Waals surface area contributed by atoms with E-state index in [1.807, 2.05) is 55.9 Å². The van der Waals surface area contributed by atoms with E-state index in [0.717, 1.165) is 28.1 Å². The summed E-state index contributed by atoms with van der Waals surface area (Å²) in [5.74, 6) is -0.0853. The number of rotatable bonds is 4. The molecule has 1 aromatic carbocycles. The number of nitrogens with one attached hydrogen (secondary N) is 1. The maximum Gasteiger partial charge on any atom is 0.251 e. The minimum atomic E-state index is -0.0853. The van der Waals surface area contributed by atoms with Crippen molar-refractivity contribution in [1.82, 2.24) is 20.1 Å². The van der Waals surface area contributed by atoms with Gasteiger partial charge in [-0.1, -0.05) is 17.2 Å². The second-order valence-corrected chi connectivity index (χ2v) is 5.94. The number of benzene rings is 1. The Morgan fingerprint density at radius 2 is 1.75 bits per heavy atom. The Labute approximate surface area is 141 Å². The van der Waals surface area contributed by atoms with Crippen LogP contribution in [0.15, 0.2) is 48.8 Å². The van der Waals surface area contributed by atoms with Gasteiger partial charge in [0.15, 0.2) is 0 Å². The van der Waals surface area contributed by atoms with Crippen molar-refractivity contribution in [1.29, 1.82) is 0 Å². The third-order valence-electron chi connectivity index (χ3n) is 3.82. The molecule has 122 valence electrons. The van der Waals surface area contributed by atoms with Crippen LogP contribution in [0.25, 0.3) is 11.3 Å². The Morgan fingerprint density at radius 1 is 1.08 bits per heavy atom. The highest BCUT2D eigenvalue weighted by molar-refractivity contribution is 5.94. The highest BCUT2D eigenvalue weighted by Crippen LogP contribution is 2.18. The number of hydrogen-bond acceptors (Lipinski definition) is 3. The fourth-order valence-electron chi connectivity index (χ4n) is 2.78. The summed E-state index contributed by atoms with van der Waals surface area (Å²) in [6.45, 7) is 4.37. The Morgan fingerprint density at radius 3 is 2.42 bits per heavy atom. The fraction of sp³-hybridized carbons (Fsp3) is 0.211. The van der Waals surface area contributed by atoms with E-state index in [1.54, 1.807) is 12.4 Å². The summed E-state index contributed by atoms with van der Waals surface area (Å²) < 4.78 is 1.81. The van der Waals surface area contributed by atoms with Gasteiger partial charge in [0.1, 0.15) is 0 Å². The van der Waals surface area contributed by atoms with Crippen LogP contribution in [-0.4, -0.2) is 20.7 Å². The average molecular weight is 320 g/mol. The van der Waals surface area contributed by atoms with Gasteiger partial charge < -0.3 is 5.32 Å². The second kappa shape index (κ2) is 6.66. The summed E-state index contributed by atoms with van der Waals surface area (Å²) in [5, 5.41) is 7.40. The van der Waals surface area contributed by atoms with Gasteiger partial charge in [0.25, 0.3) is 5.91 Å². The minimum absolute atomic E-state index is 0.0853. The van der Waals surface area contributed by atoms with Crippen molar-refractivity contribution in [3.8, 4) is 11.3 Å². The van der Waals surface area contributed by atoms with Gasteiger partial charge in [-0.15, -0.1) is 0 Å². The Balaban J connectivity index is 1.72. The maximum absolute atomic E-state index is 12.3. The van der Waals surface area contributed by atoms with Gasteiger partial charge in [-0.05, 0) is 44.2 Å². The summed E-state index contributed by atoms with van der Waals surface area (Å²) in [6, 6.07) is 11.7. The zero-order chi connectivity index (χ0) is 17.1. The molecule has 0 aliphatic heterocycles. The van der Waals surface area contributed by atoms with Gasteiger partial charge in [0.05, 0.1) is 17.9 Å². The molecule has 0 saturated carbocycles. The molecule has 2 heterocycles. The van der Waals surface area contributed by atoms with Crippen LogP contribution in [-0.2, 0) is 13.6 Å². The lowest BCUT2D eigenvalue weighted by atomic mass is 10.1. The molecule has 3 aromatic rings. The lowest BCUT2D eigenvalue weighted by molar-refractivity contribution is 0.0950. The number of pyridine rings is 1. The summed E-state index contributed by atoms with van der Waals surface area (Å²) in [5.41, 5.74) is 5.70. The van der Waals surface area contributed by atoms with E-state index in [2.05, 4.69) is 21.5 Å². The Bertz CT molecular complexity index is 848. The smallest absolute Gasteiger partial charge is 0.251 e. The third kappa shape index (κ3) is 3.51. The quantitative estimate of drug-likeness (QED) is 0.804. The molecule has 0 aliphatic rings. The normalized spacial score (nSPS) is 10.6. The molecule has 1 N–H and O–H groups in total. The molecule has 0 saturated heterocycles. The molecular formula is C19H20N4O. The molecule has 5 nitrogen and oxygen atoms in total. The molecule has 0 bridgehead atoms. The molecule has 2 aromatic heterocycles. The van der Waals surface area contributed by atoms with Gasteiger partial charge in [-0.2, -0.15) is 5.10 Å². The standard InChI is InChI=1S/C19H20N4O/c1-13-8-14(2)10-16(9-13)19(24)21-12-17-11-18(23(3)22-17)15-4-6-20-7-5-15/h4-11H,12H2,1-3H3,(H,21,24). The molecule has 0 atom stereocenters. The van der Waals surface area contributed by atoms with E-state index in [9.17, 15) is 4.79 Å². The number of hydrogen-bond donors (Lipinski definition) is 1. The zero-order valence-electron chi connectivity index (χ0n) is 14.1. The molecule has 0 unspecified atom stereocenters. The average Bonchev–Trinajstić information content (AvgIpc) is 2.93. The van der Waals surface area contributed by atoms with Crippen LogP contribution in [0, 0.1) is 13.8 Å². The Hall–Kier alpha value is -2.95. The molecule has 3 rings (SSSR count). The second-order valence-electron chi connectivity index (χ2n) is 5.94. The van der Waals surface area contributed by atoms with Gasteiger partial charge in [0.2, 0.25) is 0 Å². The fourth-order valence-corrected chi connectivity index (χ4v) is 2.78. The van der Waals surface area contributed by atoms with Crippen LogP contribution in [0.2, 0.25) is 0 Å². The SMILES string of the molecule is Cc1cc(C)cc(C(=O)NCc2cc(-c3ccncc3)n(C)n2)c1. The predicted octanol–water partition coefficient (Wildman–Crippen LogP) is 3.03. The zero-order valence-corrected chi connectivity index (χ0v) is 14.1. The first-order valence-corrected chi connectivity index (χ1v) is 7.83. The first kappa shape index (κ1) is 15.9. The number of aryl methyl sites for hydroxylation is 3. The maximum atomic E-state index is 12.3. The monoisotopic (exact) mass is 320 g/mol. The summed E-state index contributed by atoms with van der Waals surface area (Å²) in [4.78, 5) is 16.4. The Kier molecular flexibility index (Phi) is 4.42. The van der Waals surface area contributed by atoms with E-state index >= 15 is 0 Å². The molecule has 0 spiro atoms. The van der Waals surface area contributed by atoms with Gasteiger partial charge in [-0.3, -0.25) is 14.5 Å². The first-order valence-electron chi connectivity index (χ1n) is 7.83. The van der Waals surface area contributed by atoms with Crippen molar-refractivity contribution in [3.05, 3.63) is 71.2 Å². The van der Waals surface area contributed by atoms with Crippen LogP contribution in [0.3, 0.4) is 0 Å². The van der Waals surface area contributed by atoms with Crippen molar-refractivity contribution in [2.75, 3.05) is 0 Å². The minimum Gasteiger partial charge on any atom is -0.346 e. The van der Waals surface area contributed by atoms with Crippen LogP contribution < -0.4 is 5.32 Å². The molecular weight excluding hydrogens is 300 g/mol. The van der Waals surface area contributed by atoms with E-state index in [-0.39, 0.29) is 5.91 Å². The lowest BCUT2D eigenvalue weighted by Crippen LogP contribution is -2.23. The van der Waals surface area contributed by atoms with Crippen LogP contribution in [0.1, 0.15) is 27.2 Å².